The molecule has 0 aliphatic heterocycles. The number of aryl methyl sites for hydroxylation is 3. The second-order valence-corrected chi connectivity index (χ2v) is 5.53. The van der Waals surface area contributed by atoms with Crippen molar-refractivity contribution in [1.82, 2.24) is 24.6 Å². The van der Waals surface area contributed by atoms with Gasteiger partial charge >= 0.3 is 0 Å². The van der Waals surface area contributed by atoms with E-state index in [-0.39, 0.29) is 18.5 Å². The van der Waals surface area contributed by atoms with Gasteiger partial charge in [-0.15, -0.1) is 11.6 Å². The number of carbonyl (C=O) groups is 1. The second-order valence-electron chi connectivity index (χ2n) is 5.16. The molecular formula is C13H20ClN5O. The van der Waals surface area contributed by atoms with Crippen molar-refractivity contribution in [2.45, 2.75) is 39.8 Å². The number of halogens is 1. The van der Waals surface area contributed by atoms with Crippen molar-refractivity contribution in [2.75, 3.05) is 5.88 Å². The third kappa shape index (κ3) is 2.80. The molecule has 20 heavy (non-hydrogen) atoms. The lowest BCUT2D eigenvalue weighted by Gasteiger charge is -2.11. The molecule has 0 radical (unpaired) electrons. The van der Waals surface area contributed by atoms with Crippen molar-refractivity contribution in [3.63, 3.8) is 0 Å². The lowest BCUT2D eigenvalue weighted by atomic mass is 10.3. The van der Waals surface area contributed by atoms with E-state index in [9.17, 15) is 4.79 Å². The molecule has 0 unspecified atom stereocenters. The highest BCUT2D eigenvalue weighted by atomic mass is 35.5. The van der Waals surface area contributed by atoms with E-state index in [0.29, 0.717) is 12.3 Å². The van der Waals surface area contributed by atoms with E-state index in [1.807, 2.05) is 32.4 Å². The number of hydrogen-bond donors (Lipinski definition) is 1. The average Bonchev–Trinajstić information content (AvgIpc) is 2.80. The first-order valence-electron chi connectivity index (χ1n) is 6.68. The second kappa shape index (κ2) is 5.83. The molecular weight excluding hydrogens is 278 g/mol. The van der Waals surface area contributed by atoms with Crippen LogP contribution in [0.2, 0.25) is 0 Å². The minimum atomic E-state index is -0.0334. The van der Waals surface area contributed by atoms with Crippen LogP contribution in [0.25, 0.3) is 11.2 Å². The summed E-state index contributed by atoms with van der Waals surface area (Å²) >= 11 is 5.83. The lowest BCUT2D eigenvalue weighted by Crippen LogP contribution is -2.33. The van der Waals surface area contributed by atoms with Crippen molar-refractivity contribution >= 4 is 28.7 Å². The summed E-state index contributed by atoms with van der Waals surface area (Å²) in [6.45, 7) is 6.03. The fraction of sp³-hybridized carbons (Fsp3) is 0.615. The molecule has 2 aromatic heterocycles. The number of fused-ring (bicyclic) bond motifs is 1. The maximum absolute atomic E-state index is 12.0. The monoisotopic (exact) mass is 297 g/mol. The molecule has 110 valence electrons. The van der Waals surface area contributed by atoms with Gasteiger partial charge in [-0.1, -0.05) is 0 Å². The van der Waals surface area contributed by atoms with Gasteiger partial charge in [0.15, 0.2) is 5.65 Å². The number of nitrogens with one attached hydrogen (secondary N) is 1. The normalized spacial score (nSPS) is 11.5. The van der Waals surface area contributed by atoms with Crippen LogP contribution in [0.1, 0.15) is 25.4 Å². The van der Waals surface area contributed by atoms with Crippen LogP contribution in [0.5, 0.6) is 0 Å². The number of nitrogens with zero attached hydrogens (tertiary/aromatic N) is 4. The highest BCUT2D eigenvalue weighted by Crippen LogP contribution is 2.19. The summed E-state index contributed by atoms with van der Waals surface area (Å²) in [6, 6.07) is 0.117. The molecule has 0 aliphatic rings. The molecule has 0 spiro atoms. The minimum Gasteiger partial charge on any atom is -0.352 e. The molecule has 0 aliphatic carbocycles. The molecule has 2 aromatic rings. The number of carbonyl (C=O) groups excluding carboxylic acids is 1. The molecule has 2 heterocycles. The Labute approximate surface area is 123 Å². The zero-order valence-corrected chi connectivity index (χ0v) is 13.0. The van der Waals surface area contributed by atoms with Gasteiger partial charge in [0.1, 0.15) is 17.9 Å². The van der Waals surface area contributed by atoms with E-state index < -0.39 is 0 Å². The van der Waals surface area contributed by atoms with Gasteiger partial charge in [0.25, 0.3) is 0 Å². The van der Waals surface area contributed by atoms with Crippen LogP contribution in [0.3, 0.4) is 0 Å². The van der Waals surface area contributed by atoms with Crippen LogP contribution in [0.15, 0.2) is 0 Å². The Hall–Kier alpha value is -1.56. The largest absolute Gasteiger partial charge is 0.352 e. The van der Waals surface area contributed by atoms with Crippen LogP contribution < -0.4 is 5.32 Å². The highest BCUT2D eigenvalue weighted by Gasteiger charge is 2.19. The van der Waals surface area contributed by atoms with Crippen molar-refractivity contribution < 1.29 is 4.79 Å². The van der Waals surface area contributed by atoms with Gasteiger partial charge in [-0.2, -0.15) is 5.10 Å². The first-order chi connectivity index (χ1) is 9.43. The SMILES string of the molecule is Cc1nn(C)c2c1nc(CCCl)n2CC(=O)NC(C)C. The van der Waals surface area contributed by atoms with Crippen LogP contribution in [0, 0.1) is 6.92 Å². The Morgan fingerprint density at radius 1 is 1.45 bits per heavy atom. The van der Waals surface area contributed by atoms with Gasteiger partial charge in [-0.3, -0.25) is 9.48 Å². The molecule has 0 atom stereocenters. The predicted octanol–water partition coefficient (Wildman–Crippen LogP) is 1.38. The van der Waals surface area contributed by atoms with E-state index in [0.717, 1.165) is 22.7 Å². The number of aromatic nitrogens is 4. The molecule has 0 bridgehead atoms. The van der Waals surface area contributed by atoms with Crippen molar-refractivity contribution in [1.29, 1.82) is 0 Å². The van der Waals surface area contributed by atoms with Gasteiger partial charge < -0.3 is 9.88 Å². The molecule has 1 N–H and O–H groups in total. The predicted molar refractivity (Wildman–Crippen MR) is 78.9 cm³/mol. The summed E-state index contributed by atoms with van der Waals surface area (Å²) in [5, 5.41) is 7.24. The van der Waals surface area contributed by atoms with Crippen LogP contribution in [-0.4, -0.2) is 37.2 Å². The third-order valence-electron chi connectivity index (χ3n) is 3.04. The summed E-state index contributed by atoms with van der Waals surface area (Å²) in [5.74, 6) is 1.26. The zero-order chi connectivity index (χ0) is 14.9. The topological polar surface area (TPSA) is 64.7 Å². The Balaban J connectivity index is 2.42. The highest BCUT2D eigenvalue weighted by molar-refractivity contribution is 6.17. The zero-order valence-electron chi connectivity index (χ0n) is 12.3. The fourth-order valence-electron chi connectivity index (χ4n) is 2.33. The fourth-order valence-corrected chi connectivity index (χ4v) is 2.50. The first-order valence-corrected chi connectivity index (χ1v) is 7.21. The van der Waals surface area contributed by atoms with Gasteiger partial charge in [0.05, 0.1) is 5.69 Å². The summed E-state index contributed by atoms with van der Waals surface area (Å²) in [5.41, 5.74) is 2.56. The molecule has 0 saturated carbocycles. The maximum Gasteiger partial charge on any atom is 0.240 e. The number of rotatable bonds is 5. The minimum absolute atomic E-state index is 0.0334. The molecule has 7 heteroatoms. The Morgan fingerprint density at radius 2 is 2.15 bits per heavy atom. The maximum atomic E-state index is 12.0. The van der Waals surface area contributed by atoms with E-state index in [4.69, 9.17) is 11.6 Å². The van der Waals surface area contributed by atoms with Crippen molar-refractivity contribution in [3.8, 4) is 0 Å². The molecule has 0 saturated heterocycles. The number of hydrogen-bond acceptors (Lipinski definition) is 3. The Morgan fingerprint density at radius 3 is 2.75 bits per heavy atom. The summed E-state index contributed by atoms with van der Waals surface area (Å²) in [4.78, 5) is 16.6. The standard InChI is InChI=1S/C13H20ClN5O/c1-8(2)15-11(20)7-19-10(5-6-14)16-12-9(3)17-18(4)13(12)19/h8H,5-7H2,1-4H3,(H,15,20). The van der Waals surface area contributed by atoms with Crippen molar-refractivity contribution in [2.24, 2.45) is 7.05 Å². The third-order valence-corrected chi connectivity index (χ3v) is 3.23. The van der Waals surface area contributed by atoms with E-state index in [1.165, 1.54) is 0 Å². The smallest absolute Gasteiger partial charge is 0.240 e. The molecule has 1 amide bonds. The number of amides is 1. The van der Waals surface area contributed by atoms with Gasteiger partial charge in [-0.05, 0) is 20.8 Å². The molecule has 0 aromatic carbocycles. The quantitative estimate of drug-likeness (QED) is 0.848. The molecule has 0 fully saturated rings. The van der Waals surface area contributed by atoms with E-state index in [2.05, 4.69) is 15.4 Å². The van der Waals surface area contributed by atoms with Crippen molar-refractivity contribution in [3.05, 3.63) is 11.5 Å². The van der Waals surface area contributed by atoms with Gasteiger partial charge in [0.2, 0.25) is 5.91 Å². The Kier molecular flexibility index (Phi) is 4.32. The first kappa shape index (κ1) is 14.8. The van der Waals surface area contributed by atoms with E-state index in [1.54, 1.807) is 4.68 Å². The molecule has 2 rings (SSSR count). The van der Waals surface area contributed by atoms with Crippen LogP contribution >= 0.6 is 11.6 Å². The van der Waals surface area contributed by atoms with Crippen LogP contribution in [-0.2, 0) is 24.8 Å². The van der Waals surface area contributed by atoms with E-state index >= 15 is 0 Å². The summed E-state index contributed by atoms with van der Waals surface area (Å²) in [7, 11) is 1.86. The van der Waals surface area contributed by atoms with Crippen LogP contribution in [0.4, 0.5) is 0 Å². The summed E-state index contributed by atoms with van der Waals surface area (Å²) in [6.07, 6.45) is 0.630. The lowest BCUT2D eigenvalue weighted by molar-refractivity contribution is -0.122. The number of alkyl halides is 1. The summed E-state index contributed by atoms with van der Waals surface area (Å²) < 4.78 is 3.66. The molecule has 6 nitrogen and oxygen atoms in total. The van der Waals surface area contributed by atoms with Gasteiger partial charge in [0, 0.05) is 25.4 Å². The van der Waals surface area contributed by atoms with Gasteiger partial charge in [-0.25, -0.2) is 4.98 Å². The average molecular weight is 298 g/mol. The number of imidazole rings is 1. The Bertz CT molecular complexity index is 628.